The van der Waals surface area contributed by atoms with Crippen molar-refractivity contribution in [3.63, 3.8) is 0 Å². The second-order valence-electron chi connectivity index (χ2n) is 7.87. The second-order valence-corrected chi connectivity index (χ2v) is 7.87. The van der Waals surface area contributed by atoms with Crippen molar-refractivity contribution in [2.45, 2.75) is 58.3 Å². The first-order chi connectivity index (χ1) is 10.6. The minimum Gasteiger partial charge on any atom is -0.0622 e. The Hall–Kier alpha value is -1.56. The average molecular weight is 292 g/mol. The third kappa shape index (κ3) is 3.27. The second kappa shape index (κ2) is 6.28. The Balaban J connectivity index is 1.96. The van der Waals surface area contributed by atoms with Gasteiger partial charge in [0.2, 0.25) is 0 Å². The van der Waals surface area contributed by atoms with Crippen LogP contribution < -0.4 is 0 Å². The van der Waals surface area contributed by atoms with Crippen molar-refractivity contribution in [1.82, 2.24) is 0 Å². The van der Waals surface area contributed by atoms with Crippen LogP contribution >= 0.6 is 0 Å². The minimum atomic E-state index is 0.274. The Morgan fingerprint density at radius 1 is 0.909 bits per heavy atom. The lowest BCUT2D eigenvalue weighted by Gasteiger charge is -2.36. The van der Waals surface area contributed by atoms with Crippen LogP contribution in [0.15, 0.2) is 54.6 Å². The van der Waals surface area contributed by atoms with Crippen LogP contribution in [0.1, 0.15) is 68.6 Å². The van der Waals surface area contributed by atoms with Gasteiger partial charge < -0.3 is 0 Å². The van der Waals surface area contributed by atoms with Crippen molar-refractivity contribution < 1.29 is 0 Å². The Morgan fingerprint density at radius 2 is 1.55 bits per heavy atom. The zero-order chi connectivity index (χ0) is 15.6. The highest BCUT2D eigenvalue weighted by atomic mass is 14.4. The SMILES string of the molecule is CC(C)(C)C(Cc1ccccc1)c1ccccc1C1CCC1. The van der Waals surface area contributed by atoms with Crippen LogP contribution in [0, 0.1) is 5.41 Å². The fraction of sp³-hybridized carbons (Fsp3) is 0.455. The molecule has 1 aliphatic rings. The van der Waals surface area contributed by atoms with Crippen LogP contribution in [0.3, 0.4) is 0 Å². The molecule has 1 unspecified atom stereocenters. The summed E-state index contributed by atoms with van der Waals surface area (Å²) in [6.45, 7) is 7.16. The van der Waals surface area contributed by atoms with Gasteiger partial charge in [-0.25, -0.2) is 0 Å². The third-order valence-electron chi connectivity index (χ3n) is 5.24. The molecular weight excluding hydrogens is 264 g/mol. The van der Waals surface area contributed by atoms with Crippen LogP contribution in [0.5, 0.6) is 0 Å². The van der Waals surface area contributed by atoms with E-state index in [0.29, 0.717) is 5.92 Å². The standard InChI is InChI=1S/C22H28/c1-22(2,3)21(16-17-10-5-4-6-11-17)20-15-8-7-14-19(20)18-12-9-13-18/h4-8,10-11,14-15,18,21H,9,12-13,16H2,1-3H3. The van der Waals surface area contributed by atoms with Gasteiger partial charge in [0, 0.05) is 0 Å². The molecule has 3 rings (SSSR count). The smallest absolute Gasteiger partial charge is 0.00700 e. The zero-order valence-corrected chi connectivity index (χ0v) is 14.2. The van der Waals surface area contributed by atoms with Crippen molar-refractivity contribution in [3.8, 4) is 0 Å². The molecule has 1 fully saturated rings. The first-order valence-electron chi connectivity index (χ1n) is 8.68. The van der Waals surface area contributed by atoms with Gasteiger partial charge in [0.25, 0.3) is 0 Å². The van der Waals surface area contributed by atoms with E-state index in [1.807, 2.05) is 0 Å². The maximum absolute atomic E-state index is 2.39. The summed E-state index contributed by atoms with van der Waals surface area (Å²) in [5.74, 6) is 1.38. The molecule has 2 aromatic carbocycles. The topological polar surface area (TPSA) is 0 Å². The van der Waals surface area contributed by atoms with Crippen LogP contribution in [-0.2, 0) is 6.42 Å². The zero-order valence-electron chi connectivity index (χ0n) is 14.2. The lowest BCUT2D eigenvalue weighted by atomic mass is 9.68. The van der Waals surface area contributed by atoms with E-state index in [2.05, 4.69) is 75.4 Å². The molecule has 0 saturated heterocycles. The van der Waals surface area contributed by atoms with Gasteiger partial charge in [0.15, 0.2) is 0 Å². The van der Waals surface area contributed by atoms with Crippen LogP contribution in [-0.4, -0.2) is 0 Å². The molecule has 116 valence electrons. The van der Waals surface area contributed by atoms with Crippen molar-refractivity contribution >= 4 is 0 Å². The summed E-state index contributed by atoms with van der Waals surface area (Å²) < 4.78 is 0. The quantitative estimate of drug-likeness (QED) is 0.618. The summed E-state index contributed by atoms with van der Waals surface area (Å²) in [7, 11) is 0. The summed E-state index contributed by atoms with van der Waals surface area (Å²) in [5.41, 5.74) is 4.93. The molecular formula is C22H28. The van der Waals surface area contributed by atoms with Crippen molar-refractivity contribution in [2.75, 3.05) is 0 Å². The summed E-state index contributed by atoms with van der Waals surface area (Å²) in [4.78, 5) is 0. The van der Waals surface area contributed by atoms with Crippen molar-refractivity contribution in [2.24, 2.45) is 5.41 Å². The van der Waals surface area contributed by atoms with Crippen LogP contribution in [0.4, 0.5) is 0 Å². The fourth-order valence-corrected chi connectivity index (χ4v) is 3.65. The Morgan fingerprint density at radius 3 is 2.14 bits per heavy atom. The summed E-state index contributed by atoms with van der Waals surface area (Å²) in [6.07, 6.45) is 5.28. The van der Waals surface area contributed by atoms with E-state index in [4.69, 9.17) is 0 Å². The molecule has 0 heteroatoms. The van der Waals surface area contributed by atoms with Crippen molar-refractivity contribution in [1.29, 1.82) is 0 Å². The lowest BCUT2D eigenvalue weighted by molar-refractivity contribution is 0.311. The predicted molar refractivity (Wildman–Crippen MR) is 95.4 cm³/mol. The monoisotopic (exact) mass is 292 g/mol. The normalized spacial score (nSPS) is 17.0. The molecule has 1 aliphatic carbocycles. The van der Waals surface area contributed by atoms with Crippen LogP contribution in [0.2, 0.25) is 0 Å². The summed E-state index contributed by atoms with van der Waals surface area (Å²) >= 11 is 0. The molecule has 1 atom stereocenters. The number of rotatable bonds is 4. The van der Waals surface area contributed by atoms with E-state index in [1.165, 1.54) is 24.8 Å². The third-order valence-corrected chi connectivity index (χ3v) is 5.24. The predicted octanol–water partition coefficient (Wildman–Crippen LogP) is 6.33. The molecule has 0 aromatic heterocycles. The van der Waals surface area contributed by atoms with E-state index in [0.717, 1.165) is 12.3 Å². The highest BCUT2D eigenvalue weighted by molar-refractivity contribution is 5.37. The van der Waals surface area contributed by atoms with E-state index in [9.17, 15) is 0 Å². The Kier molecular flexibility index (Phi) is 4.38. The van der Waals surface area contributed by atoms with Gasteiger partial charge in [-0.1, -0.05) is 81.8 Å². The summed E-state index contributed by atoms with van der Waals surface area (Å²) in [6, 6.07) is 20.2. The molecule has 0 bridgehead atoms. The first kappa shape index (κ1) is 15.3. The Bertz CT molecular complexity index is 599. The molecule has 0 spiro atoms. The maximum atomic E-state index is 2.39. The molecule has 0 N–H and O–H groups in total. The van der Waals surface area contributed by atoms with Gasteiger partial charge in [0.05, 0.1) is 0 Å². The van der Waals surface area contributed by atoms with Crippen molar-refractivity contribution in [3.05, 3.63) is 71.3 Å². The van der Waals surface area contributed by atoms with E-state index < -0.39 is 0 Å². The number of benzene rings is 2. The molecule has 0 aliphatic heterocycles. The largest absolute Gasteiger partial charge is 0.0622 e. The average Bonchev–Trinajstić information content (AvgIpc) is 2.44. The van der Waals surface area contributed by atoms with Gasteiger partial charge in [-0.05, 0) is 53.2 Å². The van der Waals surface area contributed by atoms with E-state index in [1.54, 1.807) is 11.1 Å². The molecule has 0 heterocycles. The number of hydrogen-bond acceptors (Lipinski definition) is 0. The van der Waals surface area contributed by atoms with Gasteiger partial charge >= 0.3 is 0 Å². The summed E-state index contributed by atoms with van der Waals surface area (Å²) in [5, 5.41) is 0. The molecule has 1 saturated carbocycles. The van der Waals surface area contributed by atoms with Gasteiger partial charge in [-0.15, -0.1) is 0 Å². The minimum absolute atomic E-state index is 0.274. The molecule has 0 radical (unpaired) electrons. The lowest BCUT2D eigenvalue weighted by Crippen LogP contribution is -2.23. The fourth-order valence-electron chi connectivity index (χ4n) is 3.65. The van der Waals surface area contributed by atoms with Gasteiger partial charge in [-0.2, -0.15) is 0 Å². The molecule has 0 nitrogen and oxygen atoms in total. The maximum Gasteiger partial charge on any atom is -0.00700 e. The van der Waals surface area contributed by atoms with Crippen LogP contribution in [0.25, 0.3) is 0 Å². The van der Waals surface area contributed by atoms with Gasteiger partial charge in [-0.3, -0.25) is 0 Å². The Labute approximate surface area is 135 Å². The molecule has 22 heavy (non-hydrogen) atoms. The first-order valence-corrected chi connectivity index (χ1v) is 8.68. The highest BCUT2D eigenvalue weighted by Crippen LogP contribution is 2.45. The highest BCUT2D eigenvalue weighted by Gasteiger charge is 2.31. The van der Waals surface area contributed by atoms with Gasteiger partial charge in [0.1, 0.15) is 0 Å². The number of hydrogen-bond donors (Lipinski definition) is 0. The molecule has 2 aromatic rings. The van der Waals surface area contributed by atoms with E-state index in [-0.39, 0.29) is 5.41 Å². The molecule has 0 amide bonds. The van der Waals surface area contributed by atoms with E-state index >= 15 is 0 Å².